The number of hydrogen-bond acceptors (Lipinski definition) is 3. The Morgan fingerprint density at radius 3 is 2.59 bits per heavy atom. The van der Waals surface area contributed by atoms with Crippen molar-refractivity contribution in [3.05, 3.63) is 24.0 Å². The molecule has 3 nitrogen and oxygen atoms in total. The average Bonchev–Trinajstić information content (AvgIpc) is 2.33. The van der Waals surface area contributed by atoms with Crippen molar-refractivity contribution in [2.24, 2.45) is 11.8 Å². The van der Waals surface area contributed by atoms with Crippen LogP contribution in [0.4, 0.5) is 5.69 Å². The standard InChI is InChI=1S/C14H23N3/c1-11(2)12-5-7-17(8-6-12)10-14-4-3-13(15)9-16-14/h3-4,9,11-12H,5-8,10,15H2,1-2H3. The highest BCUT2D eigenvalue weighted by molar-refractivity contribution is 5.34. The molecule has 0 spiro atoms. The monoisotopic (exact) mass is 233 g/mol. The van der Waals surface area contributed by atoms with E-state index in [2.05, 4.69) is 23.7 Å². The van der Waals surface area contributed by atoms with Crippen molar-refractivity contribution >= 4 is 5.69 Å². The number of anilines is 1. The summed E-state index contributed by atoms with van der Waals surface area (Å²) in [6, 6.07) is 3.97. The van der Waals surface area contributed by atoms with Gasteiger partial charge < -0.3 is 5.73 Å². The van der Waals surface area contributed by atoms with Gasteiger partial charge in [-0.15, -0.1) is 0 Å². The number of aromatic nitrogens is 1. The summed E-state index contributed by atoms with van der Waals surface area (Å²) in [5.74, 6) is 1.73. The Hall–Kier alpha value is -1.09. The smallest absolute Gasteiger partial charge is 0.0545 e. The quantitative estimate of drug-likeness (QED) is 0.872. The number of pyridine rings is 1. The summed E-state index contributed by atoms with van der Waals surface area (Å²) >= 11 is 0. The number of nitrogens with zero attached hydrogens (tertiary/aromatic N) is 2. The lowest BCUT2D eigenvalue weighted by atomic mass is 9.87. The van der Waals surface area contributed by atoms with Crippen molar-refractivity contribution in [1.82, 2.24) is 9.88 Å². The van der Waals surface area contributed by atoms with Gasteiger partial charge in [-0.1, -0.05) is 13.8 Å². The molecule has 2 rings (SSSR count). The third-order valence-electron chi connectivity index (χ3n) is 3.81. The van der Waals surface area contributed by atoms with Crippen molar-refractivity contribution in [2.75, 3.05) is 18.8 Å². The molecule has 2 heterocycles. The molecule has 1 aromatic rings. The normalized spacial score (nSPS) is 18.8. The van der Waals surface area contributed by atoms with Crippen LogP contribution in [-0.2, 0) is 6.54 Å². The van der Waals surface area contributed by atoms with Crippen LogP contribution in [0.15, 0.2) is 18.3 Å². The Morgan fingerprint density at radius 1 is 1.35 bits per heavy atom. The summed E-state index contributed by atoms with van der Waals surface area (Å²) in [6.07, 6.45) is 4.40. The van der Waals surface area contributed by atoms with Crippen LogP contribution in [0.5, 0.6) is 0 Å². The van der Waals surface area contributed by atoms with E-state index in [-0.39, 0.29) is 0 Å². The zero-order chi connectivity index (χ0) is 12.3. The molecular formula is C14H23N3. The summed E-state index contributed by atoms with van der Waals surface area (Å²) < 4.78 is 0. The van der Waals surface area contributed by atoms with Gasteiger partial charge in [0.15, 0.2) is 0 Å². The molecule has 94 valence electrons. The largest absolute Gasteiger partial charge is 0.397 e. The van der Waals surface area contributed by atoms with Crippen molar-refractivity contribution in [3.63, 3.8) is 0 Å². The fourth-order valence-corrected chi connectivity index (χ4v) is 2.54. The minimum Gasteiger partial charge on any atom is -0.397 e. The molecule has 3 heteroatoms. The predicted octanol–water partition coefficient (Wildman–Crippen LogP) is 2.53. The minimum atomic E-state index is 0.743. The highest BCUT2D eigenvalue weighted by atomic mass is 15.1. The van der Waals surface area contributed by atoms with Gasteiger partial charge in [0, 0.05) is 6.54 Å². The summed E-state index contributed by atoms with van der Waals surface area (Å²) in [4.78, 5) is 6.86. The van der Waals surface area contributed by atoms with Crippen LogP contribution in [0, 0.1) is 11.8 Å². The SMILES string of the molecule is CC(C)C1CCN(Cc2ccc(N)cn2)CC1. The molecule has 0 atom stereocenters. The van der Waals surface area contributed by atoms with E-state index in [9.17, 15) is 0 Å². The first-order valence-electron chi connectivity index (χ1n) is 6.58. The average molecular weight is 233 g/mol. The first kappa shape index (κ1) is 12.4. The fraction of sp³-hybridized carbons (Fsp3) is 0.643. The molecule has 0 saturated carbocycles. The molecule has 0 unspecified atom stereocenters. The van der Waals surface area contributed by atoms with Crippen LogP contribution in [-0.4, -0.2) is 23.0 Å². The summed E-state index contributed by atoms with van der Waals surface area (Å²) in [5, 5.41) is 0. The van der Waals surface area contributed by atoms with E-state index in [1.165, 1.54) is 25.9 Å². The summed E-state index contributed by atoms with van der Waals surface area (Å²) in [5.41, 5.74) is 7.51. The minimum absolute atomic E-state index is 0.743. The highest BCUT2D eigenvalue weighted by Crippen LogP contribution is 2.25. The lowest BCUT2D eigenvalue weighted by Gasteiger charge is -2.33. The molecule has 2 N–H and O–H groups in total. The van der Waals surface area contributed by atoms with Crippen LogP contribution in [0.3, 0.4) is 0 Å². The Balaban J connectivity index is 1.84. The highest BCUT2D eigenvalue weighted by Gasteiger charge is 2.21. The van der Waals surface area contributed by atoms with E-state index >= 15 is 0 Å². The molecule has 0 radical (unpaired) electrons. The summed E-state index contributed by atoms with van der Waals surface area (Å²) in [7, 11) is 0. The van der Waals surface area contributed by atoms with Gasteiger partial charge in [0.1, 0.15) is 0 Å². The van der Waals surface area contributed by atoms with E-state index in [0.29, 0.717) is 0 Å². The third-order valence-corrected chi connectivity index (χ3v) is 3.81. The second-order valence-electron chi connectivity index (χ2n) is 5.44. The van der Waals surface area contributed by atoms with E-state index in [4.69, 9.17) is 5.73 Å². The van der Waals surface area contributed by atoms with E-state index in [1.807, 2.05) is 12.1 Å². The molecular weight excluding hydrogens is 210 g/mol. The van der Waals surface area contributed by atoms with Crippen molar-refractivity contribution in [1.29, 1.82) is 0 Å². The van der Waals surface area contributed by atoms with Gasteiger partial charge in [0.25, 0.3) is 0 Å². The van der Waals surface area contributed by atoms with Crippen LogP contribution in [0.25, 0.3) is 0 Å². The first-order chi connectivity index (χ1) is 8.15. The molecule has 1 saturated heterocycles. The maximum atomic E-state index is 5.64. The molecule has 0 amide bonds. The Kier molecular flexibility index (Phi) is 4.00. The van der Waals surface area contributed by atoms with Gasteiger partial charge in [-0.3, -0.25) is 9.88 Å². The molecule has 1 aliphatic heterocycles. The Labute approximate surface area is 104 Å². The van der Waals surface area contributed by atoms with Gasteiger partial charge >= 0.3 is 0 Å². The zero-order valence-electron chi connectivity index (χ0n) is 10.9. The molecule has 1 fully saturated rings. The van der Waals surface area contributed by atoms with Crippen LogP contribution < -0.4 is 5.73 Å². The molecule has 0 aromatic carbocycles. The van der Waals surface area contributed by atoms with Crippen molar-refractivity contribution in [3.8, 4) is 0 Å². The second kappa shape index (κ2) is 5.50. The lowest BCUT2D eigenvalue weighted by molar-refractivity contribution is 0.150. The molecule has 0 bridgehead atoms. The second-order valence-corrected chi connectivity index (χ2v) is 5.44. The van der Waals surface area contributed by atoms with Crippen LogP contribution >= 0.6 is 0 Å². The van der Waals surface area contributed by atoms with Crippen molar-refractivity contribution in [2.45, 2.75) is 33.2 Å². The molecule has 17 heavy (non-hydrogen) atoms. The summed E-state index contributed by atoms with van der Waals surface area (Å²) in [6.45, 7) is 8.04. The number of nitrogen functional groups attached to an aromatic ring is 1. The number of likely N-dealkylation sites (tertiary alicyclic amines) is 1. The van der Waals surface area contributed by atoms with E-state index in [0.717, 1.165) is 29.8 Å². The predicted molar refractivity (Wildman–Crippen MR) is 71.5 cm³/mol. The van der Waals surface area contributed by atoms with Gasteiger partial charge in [-0.05, 0) is 49.9 Å². The van der Waals surface area contributed by atoms with Crippen LogP contribution in [0.2, 0.25) is 0 Å². The van der Waals surface area contributed by atoms with Gasteiger partial charge in [-0.25, -0.2) is 0 Å². The third kappa shape index (κ3) is 3.43. The Bertz CT molecular complexity index is 337. The van der Waals surface area contributed by atoms with E-state index in [1.54, 1.807) is 6.20 Å². The number of hydrogen-bond donors (Lipinski definition) is 1. The molecule has 1 aromatic heterocycles. The fourth-order valence-electron chi connectivity index (χ4n) is 2.54. The van der Waals surface area contributed by atoms with Gasteiger partial charge in [-0.2, -0.15) is 0 Å². The maximum absolute atomic E-state index is 5.64. The van der Waals surface area contributed by atoms with Gasteiger partial charge in [0.05, 0.1) is 17.6 Å². The van der Waals surface area contributed by atoms with Crippen LogP contribution in [0.1, 0.15) is 32.4 Å². The molecule has 1 aliphatic rings. The van der Waals surface area contributed by atoms with Crippen molar-refractivity contribution < 1.29 is 0 Å². The Morgan fingerprint density at radius 2 is 2.06 bits per heavy atom. The number of rotatable bonds is 3. The first-order valence-corrected chi connectivity index (χ1v) is 6.58. The number of nitrogens with two attached hydrogens (primary N) is 1. The molecule has 0 aliphatic carbocycles. The lowest BCUT2D eigenvalue weighted by Crippen LogP contribution is -2.34. The van der Waals surface area contributed by atoms with E-state index < -0.39 is 0 Å². The topological polar surface area (TPSA) is 42.1 Å². The number of piperidine rings is 1. The van der Waals surface area contributed by atoms with Gasteiger partial charge in [0.2, 0.25) is 0 Å². The maximum Gasteiger partial charge on any atom is 0.0545 e. The zero-order valence-corrected chi connectivity index (χ0v) is 10.9.